The molecular formula is C20H24O5. The second-order valence-corrected chi connectivity index (χ2v) is 5.90. The Morgan fingerprint density at radius 3 is 2.68 bits per heavy atom. The minimum atomic E-state index is -0.398. The Morgan fingerprint density at radius 1 is 1.16 bits per heavy atom. The summed E-state index contributed by atoms with van der Waals surface area (Å²) in [5.74, 6) is 1.12. The molecule has 0 atom stereocenters. The minimum Gasteiger partial charge on any atom is -0.493 e. The Bertz CT molecular complexity index is 830. The fourth-order valence-corrected chi connectivity index (χ4v) is 2.33. The molecule has 0 unspecified atom stereocenters. The fourth-order valence-electron chi connectivity index (χ4n) is 2.33. The van der Waals surface area contributed by atoms with E-state index in [1.54, 1.807) is 25.3 Å². The predicted molar refractivity (Wildman–Crippen MR) is 98.4 cm³/mol. The summed E-state index contributed by atoms with van der Waals surface area (Å²) in [7, 11) is 1.57. The lowest BCUT2D eigenvalue weighted by molar-refractivity contribution is 0.325. The van der Waals surface area contributed by atoms with Crippen LogP contribution in [0.1, 0.15) is 26.7 Å². The van der Waals surface area contributed by atoms with Crippen molar-refractivity contribution in [1.82, 2.24) is 0 Å². The van der Waals surface area contributed by atoms with Gasteiger partial charge in [-0.1, -0.05) is 17.2 Å². The van der Waals surface area contributed by atoms with Gasteiger partial charge in [-0.2, -0.15) is 0 Å². The topological polar surface area (TPSA) is 68.9 Å². The maximum Gasteiger partial charge on any atom is 0.336 e. The number of ether oxygens (including phenoxy) is 2. The molecule has 0 saturated carbocycles. The van der Waals surface area contributed by atoms with E-state index in [9.17, 15) is 4.79 Å². The van der Waals surface area contributed by atoms with Crippen LogP contribution in [0.3, 0.4) is 0 Å². The molecule has 0 fully saturated rings. The van der Waals surface area contributed by atoms with Crippen molar-refractivity contribution in [3.8, 4) is 11.5 Å². The Labute approximate surface area is 147 Å². The van der Waals surface area contributed by atoms with Crippen molar-refractivity contribution >= 4 is 11.0 Å². The highest BCUT2D eigenvalue weighted by Crippen LogP contribution is 2.31. The maximum absolute atomic E-state index is 11.4. The average molecular weight is 344 g/mol. The highest BCUT2D eigenvalue weighted by Gasteiger charge is 2.08. The van der Waals surface area contributed by atoms with Crippen LogP contribution >= 0.6 is 0 Å². The number of hydrogen-bond donors (Lipinski definition) is 1. The molecule has 0 radical (unpaired) electrons. The molecule has 1 aromatic heterocycles. The quantitative estimate of drug-likeness (QED) is 0.582. The number of hydrogen-bond acceptors (Lipinski definition) is 5. The zero-order valence-electron chi connectivity index (χ0n) is 14.9. The van der Waals surface area contributed by atoms with Crippen LogP contribution < -0.4 is 15.1 Å². The molecule has 25 heavy (non-hydrogen) atoms. The molecule has 0 aliphatic heterocycles. The Morgan fingerprint density at radius 2 is 1.96 bits per heavy atom. The summed E-state index contributed by atoms with van der Waals surface area (Å²) >= 11 is 0. The highest BCUT2D eigenvalue weighted by atomic mass is 16.5. The third kappa shape index (κ3) is 5.50. The van der Waals surface area contributed by atoms with Crippen LogP contribution in [0.25, 0.3) is 11.0 Å². The first-order valence-electron chi connectivity index (χ1n) is 8.20. The molecule has 5 heteroatoms. The molecule has 2 rings (SSSR count). The van der Waals surface area contributed by atoms with Crippen LogP contribution in [0.2, 0.25) is 0 Å². The van der Waals surface area contributed by atoms with E-state index in [0.29, 0.717) is 23.7 Å². The standard InChI is InChI=1S/C20H24O5/c1-14(5-4-6-15(2)13-21)9-10-24-19-12-17-16(11-18(19)23-3)7-8-20(22)25-17/h6-9,11-12,21H,4-5,10,13H2,1-3H3/b14-9+,15-6-. The van der Waals surface area contributed by atoms with Crippen molar-refractivity contribution in [3.63, 3.8) is 0 Å². The van der Waals surface area contributed by atoms with E-state index in [1.165, 1.54) is 11.6 Å². The molecule has 0 bridgehead atoms. The first-order chi connectivity index (χ1) is 12.0. The molecule has 0 aliphatic rings. The van der Waals surface area contributed by atoms with Gasteiger partial charge in [-0.3, -0.25) is 0 Å². The Hall–Kier alpha value is -2.53. The van der Waals surface area contributed by atoms with Crippen LogP contribution in [0.5, 0.6) is 11.5 Å². The Kier molecular flexibility index (Phi) is 6.83. The molecule has 0 amide bonds. The molecule has 134 valence electrons. The summed E-state index contributed by atoms with van der Waals surface area (Å²) in [6.45, 7) is 4.45. The summed E-state index contributed by atoms with van der Waals surface area (Å²) in [6.07, 6.45) is 5.84. The van der Waals surface area contributed by atoms with Crippen LogP contribution in [0.15, 0.2) is 56.8 Å². The van der Waals surface area contributed by atoms with Crippen molar-refractivity contribution in [1.29, 1.82) is 0 Å². The van der Waals surface area contributed by atoms with Crippen molar-refractivity contribution in [2.75, 3.05) is 20.3 Å². The van der Waals surface area contributed by atoms with Crippen molar-refractivity contribution in [2.45, 2.75) is 26.7 Å². The Balaban J connectivity index is 2.04. The van der Waals surface area contributed by atoms with Gasteiger partial charge in [0.15, 0.2) is 11.5 Å². The SMILES string of the molecule is COc1cc2ccc(=O)oc2cc1OC/C=C(\C)CC/C=C(/C)CO. The summed E-state index contributed by atoms with van der Waals surface area (Å²) in [5, 5.41) is 9.75. The van der Waals surface area contributed by atoms with Crippen molar-refractivity contribution in [2.24, 2.45) is 0 Å². The van der Waals surface area contributed by atoms with E-state index in [0.717, 1.165) is 23.8 Å². The zero-order chi connectivity index (χ0) is 18.2. The molecule has 0 spiro atoms. The zero-order valence-corrected chi connectivity index (χ0v) is 14.9. The monoisotopic (exact) mass is 344 g/mol. The van der Waals surface area contributed by atoms with Crippen LogP contribution in [-0.2, 0) is 0 Å². The molecule has 0 saturated heterocycles. The molecule has 5 nitrogen and oxygen atoms in total. The molecule has 1 N–H and O–H groups in total. The van der Waals surface area contributed by atoms with Gasteiger partial charge in [0.2, 0.25) is 0 Å². The number of methoxy groups -OCH3 is 1. The van der Waals surface area contributed by atoms with E-state index >= 15 is 0 Å². The lowest BCUT2D eigenvalue weighted by atomic mass is 10.1. The van der Waals surface area contributed by atoms with Gasteiger partial charge in [-0.15, -0.1) is 0 Å². The van der Waals surface area contributed by atoms with Crippen molar-refractivity contribution in [3.05, 3.63) is 58.0 Å². The van der Waals surface area contributed by atoms with Crippen LogP contribution in [-0.4, -0.2) is 25.4 Å². The molecule has 0 aliphatic carbocycles. The van der Waals surface area contributed by atoms with Gasteiger partial charge in [0, 0.05) is 17.5 Å². The second kappa shape index (κ2) is 9.08. The smallest absolute Gasteiger partial charge is 0.336 e. The van der Waals surface area contributed by atoms with E-state index < -0.39 is 5.63 Å². The number of rotatable bonds is 8. The first kappa shape index (κ1) is 18.8. The number of aliphatic hydroxyl groups excluding tert-OH is 1. The molecular weight excluding hydrogens is 320 g/mol. The van der Waals surface area contributed by atoms with Crippen LogP contribution in [0, 0.1) is 0 Å². The lowest BCUT2D eigenvalue weighted by Gasteiger charge is -2.10. The second-order valence-electron chi connectivity index (χ2n) is 5.90. The van der Waals surface area contributed by atoms with Crippen LogP contribution in [0.4, 0.5) is 0 Å². The summed E-state index contributed by atoms with van der Waals surface area (Å²) in [5.41, 5.74) is 2.25. The molecule has 1 aromatic carbocycles. The maximum atomic E-state index is 11.4. The van der Waals surface area contributed by atoms with Gasteiger partial charge in [0.05, 0.1) is 13.7 Å². The number of aliphatic hydroxyl groups is 1. The first-order valence-corrected chi connectivity index (χ1v) is 8.20. The minimum absolute atomic E-state index is 0.101. The summed E-state index contributed by atoms with van der Waals surface area (Å²) in [4.78, 5) is 11.4. The summed E-state index contributed by atoms with van der Waals surface area (Å²) in [6, 6.07) is 6.53. The normalized spacial score (nSPS) is 12.5. The third-order valence-electron chi connectivity index (χ3n) is 3.86. The number of fused-ring (bicyclic) bond motifs is 1. The van der Waals surface area contributed by atoms with Gasteiger partial charge in [-0.05, 0) is 44.9 Å². The molecule has 1 heterocycles. The van der Waals surface area contributed by atoms with Crippen molar-refractivity contribution < 1.29 is 19.0 Å². The van der Waals surface area contributed by atoms with Gasteiger partial charge < -0.3 is 19.0 Å². The average Bonchev–Trinajstić information content (AvgIpc) is 2.60. The third-order valence-corrected chi connectivity index (χ3v) is 3.86. The van der Waals surface area contributed by atoms with E-state index in [4.69, 9.17) is 19.0 Å². The number of allylic oxidation sites excluding steroid dienone is 2. The van der Waals surface area contributed by atoms with Gasteiger partial charge in [0.1, 0.15) is 12.2 Å². The van der Waals surface area contributed by atoms with E-state index in [1.807, 2.05) is 26.0 Å². The van der Waals surface area contributed by atoms with Gasteiger partial charge in [-0.25, -0.2) is 4.79 Å². The summed E-state index contributed by atoms with van der Waals surface area (Å²) < 4.78 is 16.3. The number of benzene rings is 1. The predicted octanol–water partition coefficient (Wildman–Crippen LogP) is 3.85. The van der Waals surface area contributed by atoms with E-state index in [2.05, 4.69) is 0 Å². The highest BCUT2D eigenvalue weighted by molar-refractivity contribution is 5.80. The van der Waals surface area contributed by atoms with Gasteiger partial charge >= 0.3 is 5.63 Å². The lowest BCUT2D eigenvalue weighted by Crippen LogP contribution is -1.99. The largest absolute Gasteiger partial charge is 0.493 e. The van der Waals surface area contributed by atoms with Gasteiger partial charge in [0.25, 0.3) is 0 Å². The fraction of sp³-hybridized carbons (Fsp3) is 0.350. The van der Waals surface area contributed by atoms with E-state index in [-0.39, 0.29) is 6.61 Å². The molecule has 2 aromatic rings.